The summed E-state index contributed by atoms with van der Waals surface area (Å²) in [5.74, 6) is 0.597. The number of alkyl halides is 3. The molecule has 1 aliphatic rings. The first-order valence-corrected chi connectivity index (χ1v) is 9.60. The van der Waals surface area contributed by atoms with Crippen LogP contribution < -0.4 is 16.0 Å². The van der Waals surface area contributed by atoms with Gasteiger partial charge >= 0.3 is 6.18 Å². The van der Waals surface area contributed by atoms with Crippen LogP contribution in [-0.2, 0) is 0 Å². The Morgan fingerprint density at radius 2 is 2.15 bits per heavy atom. The summed E-state index contributed by atoms with van der Waals surface area (Å²) in [5.41, 5.74) is 0.972. The molecule has 3 N–H and O–H groups in total. The first kappa shape index (κ1) is 19.7. The van der Waals surface area contributed by atoms with Gasteiger partial charge in [-0.3, -0.25) is 9.89 Å². The first-order chi connectivity index (χ1) is 12.9. The minimum absolute atomic E-state index is 0.0317. The van der Waals surface area contributed by atoms with Crippen LogP contribution in [0.2, 0.25) is 0 Å². The van der Waals surface area contributed by atoms with Crippen molar-refractivity contribution in [1.29, 1.82) is 0 Å². The summed E-state index contributed by atoms with van der Waals surface area (Å²) < 4.78 is 38.5. The standard InChI is InChI=1S/C17H23F3N6S/c1-21-15(24-12-6-9-26(10-12)11-17(18,19)20)22-7-8-23-16-25-13-4-2-3-5-14(13)27-16/h2-5,12H,6-11H2,1H3,(H,23,25)(H2,21,22,24). The van der Waals surface area contributed by atoms with Gasteiger partial charge in [0.25, 0.3) is 0 Å². The molecule has 2 heterocycles. The summed E-state index contributed by atoms with van der Waals surface area (Å²) in [7, 11) is 1.65. The predicted octanol–water partition coefficient (Wildman–Crippen LogP) is 2.51. The Kier molecular flexibility index (Phi) is 6.38. The lowest BCUT2D eigenvalue weighted by Gasteiger charge is -2.19. The van der Waals surface area contributed by atoms with E-state index in [1.54, 1.807) is 18.4 Å². The number of hydrogen-bond acceptors (Lipinski definition) is 5. The predicted molar refractivity (Wildman–Crippen MR) is 104 cm³/mol. The molecule has 0 amide bonds. The molecule has 0 bridgehead atoms. The number of aromatic nitrogens is 1. The van der Waals surface area contributed by atoms with E-state index in [1.165, 1.54) is 4.90 Å². The smallest absolute Gasteiger partial charge is 0.360 e. The second-order valence-corrected chi connectivity index (χ2v) is 7.42. The van der Waals surface area contributed by atoms with Crippen molar-refractivity contribution >= 4 is 32.6 Å². The third-order valence-electron chi connectivity index (χ3n) is 4.23. The Morgan fingerprint density at radius 1 is 1.33 bits per heavy atom. The van der Waals surface area contributed by atoms with E-state index in [0.29, 0.717) is 38.6 Å². The molecule has 6 nitrogen and oxygen atoms in total. The summed E-state index contributed by atoms with van der Waals surface area (Å²) in [6.45, 7) is 1.22. The molecule has 1 fully saturated rings. The minimum atomic E-state index is -4.15. The van der Waals surface area contributed by atoms with Crippen molar-refractivity contribution in [2.45, 2.75) is 18.6 Å². The average molecular weight is 400 g/mol. The van der Waals surface area contributed by atoms with E-state index in [4.69, 9.17) is 0 Å². The zero-order valence-electron chi connectivity index (χ0n) is 15.0. The number of hydrogen-bond donors (Lipinski definition) is 3. The van der Waals surface area contributed by atoms with Crippen LogP contribution in [0.15, 0.2) is 29.3 Å². The third-order valence-corrected chi connectivity index (χ3v) is 5.22. The molecule has 1 aliphatic heterocycles. The van der Waals surface area contributed by atoms with Crippen molar-refractivity contribution in [3.05, 3.63) is 24.3 Å². The van der Waals surface area contributed by atoms with Crippen LogP contribution in [0.5, 0.6) is 0 Å². The second kappa shape index (κ2) is 8.75. The molecule has 10 heteroatoms. The van der Waals surface area contributed by atoms with Gasteiger partial charge in [0.05, 0.1) is 16.8 Å². The molecule has 1 aromatic carbocycles. The Morgan fingerprint density at radius 3 is 2.89 bits per heavy atom. The SMILES string of the molecule is CN=C(NCCNc1nc2ccccc2s1)NC1CCN(CC(F)(F)F)C1. The molecule has 148 valence electrons. The number of benzene rings is 1. The van der Waals surface area contributed by atoms with Crippen LogP contribution in [0.4, 0.5) is 18.3 Å². The molecule has 3 rings (SSSR count). The maximum absolute atomic E-state index is 12.5. The van der Waals surface area contributed by atoms with Gasteiger partial charge in [-0.05, 0) is 18.6 Å². The molecule has 1 unspecified atom stereocenters. The monoisotopic (exact) mass is 400 g/mol. The number of nitrogens with one attached hydrogen (secondary N) is 3. The highest BCUT2D eigenvalue weighted by Gasteiger charge is 2.34. The fourth-order valence-electron chi connectivity index (χ4n) is 3.03. The zero-order chi connectivity index (χ0) is 19.3. The Balaban J connectivity index is 1.38. The molecular weight excluding hydrogens is 377 g/mol. The summed E-state index contributed by atoms with van der Waals surface area (Å²) in [4.78, 5) is 10.1. The van der Waals surface area contributed by atoms with Crippen molar-refractivity contribution in [3.63, 3.8) is 0 Å². The number of likely N-dealkylation sites (tertiary alicyclic amines) is 1. The van der Waals surface area contributed by atoms with Crippen LogP contribution in [0, 0.1) is 0 Å². The highest BCUT2D eigenvalue weighted by atomic mass is 32.1. The normalized spacial score (nSPS) is 18.8. The molecule has 27 heavy (non-hydrogen) atoms. The van der Waals surface area contributed by atoms with E-state index in [9.17, 15) is 13.2 Å². The summed E-state index contributed by atoms with van der Waals surface area (Å²) >= 11 is 1.60. The van der Waals surface area contributed by atoms with E-state index in [2.05, 4.69) is 25.9 Å². The van der Waals surface area contributed by atoms with Crippen molar-refractivity contribution in [2.24, 2.45) is 4.99 Å². The van der Waals surface area contributed by atoms with Crippen LogP contribution in [-0.4, -0.2) is 67.8 Å². The number of guanidine groups is 1. The fourth-order valence-corrected chi connectivity index (χ4v) is 3.93. The number of halogens is 3. The molecule has 0 radical (unpaired) electrons. The lowest BCUT2D eigenvalue weighted by Crippen LogP contribution is -2.46. The molecule has 0 spiro atoms. The first-order valence-electron chi connectivity index (χ1n) is 8.79. The lowest BCUT2D eigenvalue weighted by atomic mass is 10.3. The molecule has 1 aromatic heterocycles. The van der Waals surface area contributed by atoms with Crippen molar-refractivity contribution in [1.82, 2.24) is 20.5 Å². The number of aliphatic imine (C=N–C) groups is 1. The van der Waals surface area contributed by atoms with Gasteiger partial charge in [0.1, 0.15) is 0 Å². The van der Waals surface area contributed by atoms with Crippen LogP contribution in [0.1, 0.15) is 6.42 Å². The van der Waals surface area contributed by atoms with E-state index in [-0.39, 0.29) is 6.04 Å². The van der Waals surface area contributed by atoms with Gasteiger partial charge in [-0.1, -0.05) is 23.5 Å². The molecule has 2 aromatic rings. The highest BCUT2D eigenvalue weighted by Crippen LogP contribution is 2.25. The fraction of sp³-hybridized carbons (Fsp3) is 0.529. The van der Waals surface area contributed by atoms with E-state index >= 15 is 0 Å². The van der Waals surface area contributed by atoms with Crippen LogP contribution >= 0.6 is 11.3 Å². The maximum Gasteiger partial charge on any atom is 0.401 e. The number of anilines is 1. The number of rotatable bonds is 6. The number of thiazole rings is 1. The largest absolute Gasteiger partial charge is 0.401 e. The minimum Gasteiger partial charge on any atom is -0.360 e. The van der Waals surface area contributed by atoms with E-state index in [1.807, 2.05) is 24.3 Å². The summed E-state index contributed by atoms with van der Waals surface area (Å²) in [5, 5.41) is 10.5. The van der Waals surface area contributed by atoms with Gasteiger partial charge in [0, 0.05) is 39.3 Å². The summed E-state index contributed by atoms with van der Waals surface area (Å²) in [6, 6.07) is 7.93. The number of fused-ring (bicyclic) bond motifs is 1. The quantitative estimate of drug-likeness (QED) is 0.395. The van der Waals surface area contributed by atoms with Crippen molar-refractivity contribution in [2.75, 3.05) is 45.1 Å². The molecule has 0 saturated carbocycles. The third kappa shape index (κ3) is 5.96. The Hall–Kier alpha value is -2.07. The van der Waals surface area contributed by atoms with Gasteiger partial charge in [-0.15, -0.1) is 0 Å². The van der Waals surface area contributed by atoms with Gasteiger partial charge in [-0.2, -0.15) is 13.2 Å². The molecular formula is C17H23F3N6S. The molecule has 1 saturated heterocycles. The lowest BCUT2D eigenvalue weighted by molar-refractivity contribution is -0.143. The van der Waals surface area contributed by atoms with Crippen LogP contribution in [0.3, 0.4) is 0 Å². The van der Waals surface area contributed by atoms with Gasteiger partial charge in [0.2, 0.25) is 0 Å². The Bertz CT molecular complexity index is 742. The molecule has 0 aliphatic carbocycles. The van der Waals surface area contributed by atoms with Gasteiger partial charge < -0.3 is 16.0 Å². The van der Waals surface area contributed by atoms with Gasteiger partial charge in [0.15, 0.2) is 11.1 Å². The topological polar surface area (TPSA) is 64.6 Å². The van der Waals surface area contributed by atoms with Crippen molar-refractivity contribution < 1.29 is 13.2 Å². The second-order valence-electron chi connectivity index (χ2n) is 6.39. The average Bonchev–Trinajstić information content (AvgIpc) is 3.22. The van der Waals surface area contributed by atoms with E-state index in [0.717, 1.165) is 15.3 Å². The summed E-state index contributed by atoms with van der Waals surface area (Å²) in [6.07, 6.45) is -3.48. The maximum atomic E-state index is 12.5. The van der Waals surface area contributed by atoms with E-state index < -0.39 is 12.7 Å². The van der Waals surface area contributed by atoms with Gasteiger partial charge in [-0.25, -0.2) is 4.98 Å². The molecule has 1 atom stereocenters. The van der Waals surface area contributed by atoms with Crippen molar-refractivity contribution in [3.8, 4) is 0 Å². The zero-order valence-corrected chi connectivity index (χ0v) is 15.8. The highest BCUT2D eigenvalue weighted by molar-refractivity contribution is 7.22. The number of nitrogens with zero attached hydrogens (tertiary/aromatic N) is 3. The number of para-hydroxylation sites is 1. The van der Waals surface area contributed by atoms with Crippen LogP contribution in [0.25, 0.3) is 10.2 Å². The Labute approximate surface area is 159 Å².